The number of nitrogens with one attached hydrogen (secondary N) is 1. The van der Waals surface area contributed by atoms with E-state index in [1.807, 2.05) is 6.07 Å². The first kappa shape index (κ1) is 7.58. The predicted molar refractivity (Wildman–Crippen MR) is 47.0 cm³/mol. The summed E-state index contributed by atoms with van der Waals surface area (Å²) in [7, 11) is 0. The van der Waals surface area contributed by atoms with E-state index in [1.54, 1.807) is 12.1 Å². The quantitative estimate of drug-likeness (QED) is 0.428. The Morgan fingerprint density at radius 3 is 3.17 bits per heavy atom. The molecule has 0 saturated heterocycles. The predicted octanol–water partition coefficient (Wildman–Crippen LogP) is 0.307. The van der Waals surface area contributed by atoms with Crippen LogP contribution < -0.4 is 9.78 Å². The number of anilines is 1. The zero-order valence-corrected chi connectivity index (χ0v) is 7.82. The van der Waals surface area contributed by atoms with E-state index < -0.39 is 0 Å². The Hall–Kier alpha value is -1.06. The summed E-state index contributed by atoms with van der Waals surface area (Å²) in [5, 5.41) is 13.5. The normalized spacial score (nSPS) is 13.7. The molecule has 0 atom stereocenters. The Kier molecular flexibility index (Phi) is 1.75. The number of nitro benzene ring substituents is 1. The van der Waals surface area contributed by atoms with Crippen LogP contribution in [0.3, 0.4) is 0 Å². The number of hydrogen-bond acceptors (Lipinski definition) is 3. The number of benzene rings is 1. The number of hydrogen-bond donors (Lipinski definition) is 1. The van der Waals surface area contributed by atoms with Crippen molar-refractivity contribution in [3.63, 3.8) is 0 Å². The molecule has 0 bridgehead atoms. The van der Waals surface area contributed by atoms with Crippen LogP contribution in [0.5, 0.6) is 0 Å². The van der Waals surface area contributed by atoms with Crippen molar-refractivity contribution < 1.29 is 4.92 Å². The fourth-order valence-corrected chi connectivity index (χ4v) is 2.84. The van der Waals surface area contributed by atoms with Gasteiger partial charge < -0.3 is 0 Å². The number of fused-ring (bicyclic) bond motifs is 1. The molecule has 1 N–H and O–H groups in total. The zero-order chi connectivity index (χ0) is 8.55. The number of non-ortho nitro benzene ring substituents is 1. The van der Waals surface area contributed by atoms with Crippen molar-refractivity contribution in [2.24, 2.45) is 0 Å². The molecular weight excluding hydrogens is 223 g/mol. The van der Waals surface area contributed by atoms with E-state index in [1.165, 1.54) is 4.46 Å². The number of nitrogens with zero attached hydrogens (tertiary/aromatic N) is 1. The zero-order valence-electron chi connectivity index (χ0n) is 6.11. The van der Waals surface area contributed by atoms with Gasteiger partial charge >= 0.3 is 74.8 Å². The van der Waals surface area contributed by atoms with E-state index in [0.717, 1.165) is 11.1 Å². The van der Waals surface area contributed by atoms with Crippen molar-refractivity contribution in [1.82, 2.24) is 0 Å². The molecule has 0 amide bonds. The van der Waals surface area contributed by atoms with E-state index >= 15 is 0 Å². The van der Waals surface area contributed by atoms with E-state index in [4.69, 9.17) is 0 Å². The summed E-state index contributed by atoms with van der Waals surface area (Å²) in [6.45, 7) is 0. The first-order valence-electron chi connectivity index (χ1n) is 3.42. The van der Waals surface area contributed by atoms with Gasteiger partial charge in [0, 0.05) is 0 Å². The van der Waals surface area contributed by atoms with Crippen molar-refractivity contribution in [1.29, 1.82) is 0 Å². The maximum absolute atomic E-state index is 10.4. The average molecular weight is 229 g/mol. The second-order valence-electron chi connectivity index (χ2n) is 2.40. The van der Waals surface area contributed by atoms with E-state index in [0.29, 0.717) is 15.0 Å². The molecule has 1 aromatic rings. The van der Waals surface area contributed by atoms with Gasteiger partial charge in [0.2, 0.25) is 0 Å². The van der Waals surface area contributed by atoms with Crippen LogP contribution in [0.15, 0.2) is 18.2 Å². The second-order valence-corrected chi connectivity index (χ2v) is 4.54. The van der Waals surface area contributed by atoms with Crippen LogP contribution in [-0.4, -0.2) is 25.3 Å². The molecule has 1 aliphatic rings. The van der Waals surface area contributed by atoms with Gasteiger partial charge in [-0.25, -0.2) is 0 Å². The Labute approximate surface area is 75.3 Å². The number of rotatable bonds is 1. The molecule has 1 heterocycles. The summed E-state index contributed by atoms with van der Waals surface area (Å²) in [6.07, 6.45) is 0. The van der Waals surface area contributed by atoms with Gasteiger partial charge in [0.05, 0.1) is 0 Å². The molecule has 5 heteroatoms. The van der Waals surface area contributed by atoms with Crippen molar-refractivity contribution in [3.8, 4) is 0 Å². The van der Waals surface area contributed by atoms with Crippen LogP contribution >= 0.6 is 0 Å². The van der Waals surface area contributed by atoms with Crippen LogP contribution in [0, 0.1) is 10.1 Å². The van der Waals surface area contributed by atoms with Crippen LogP contribution in [0.1, 0.15) is 0 Å². The van der Waals surface area contributed by atoms with Crippen LogP contribution in [0.2, 0.25) is 0 Å². The van der Waals surface area contributed by atoms with Gasteiger partial charge in [-0.1, -0.05) is 0 Å². The molecule has 62 valence electrons. The van der Waals surface area contributed by atoms with Gasteiger partial charge in [-0.05, 0) is 0 Å². The summed E-state index contributed by atoms with van der Waals surface area (Å²) in [6, 6.07) is 5.01. The van der Waals surface area contributed by atoms with Gasteiger partial charge in [-0.15, -0.1) is 0 Å². The molecule has 0 radical (unpaired) electrons. The van der Waals surface area contributed by atoms with Crippen molar-refractivity contribution in [2.75, 3.05) is 10.8 Å². The van der Waals surface area contributed by atoms with Gasteiger partial charge in [0.1, 0.15) is 0 Å². The molecule has 1 aromatic carbocycles. The topological polar surface area (TPSA) is 55.2 Å². The first-order valence-corrected chi connectivity index (χ1v) is 5.49. The fourth-order valence-electron chi connectivity index (χ4n) is 1.09. The molecule has 1 aliphatic heterocycles. The average Bonchev–Trinajstić information content (AvgIpc) is 2.49. The van der Waals surface area contributed by atoms with E-state index in [-0.39, 0.29) is 10.6 Å². The SMILES string of the molecule is O=[N+]([O-])c1ccc2c(c1)NC[Se]2. The van der Waals surface area contributed by atoms with Crippen LogP contribution in [-0.2, 0) is 0 Å². The molecular formula is C7H6N2O2Se. The van der Waals surface area contributed by atoms with Gasteiger partial charge in [-0.2, -0.15) is 0 Å². The van der Waals surface area contributed by atoms with E-state index in [9.17, 15) is 10.1 Å². The van der Waals surface area contributed by atoms with Gasteiger partial charge in [0.25, 0.3) is 0 Å². The molecule has 12 heavy (non-hydrogen) atoms. The minimum atomic E-state index is -0.368. The molecule has 2 rings (SSSR count). The molecule has 0 aromatic heterocycles. The van der Waals surface area contributed by atoms with E-state index in [2.05, 4.69) is 5.32 Å². The summed E-state index contributed by atoms with van der Waals surface area (Å²) < 4.78 is 1.23. The minimum absolute atomic E-state index is 0.166. The summed E-state index contributed by atoms with van der Waals surface area (Å²) >= 11 is 0.449. The third kappa shape index (κ3) is 1.17. The summed E-state index contributed by atoms with van der Waals surface area (Å²) in [5.74, 6) is 0. The molecule has 4 nitrogen and oxygen atoms in total. The van der Waals surface area contributed by atoms with Gasteiger partial charge in [-0.3, -0.25) is 0 Å². The number of nitro groups is 1. The summed E-state index contributed by atoms with van der Waals surface area (Å²) in [5.41, 5.74) is 2.05. The van der Waals surface area contributed by atoms with Crippen molar-refractivity contribution in [2.45, 2.75) is 0 Å². The summed E-state index contributed by atoms with van der Waals surface area (Å²) in [4.78, 5) is 10.0. The first-order chi connectivity index (χ1) is 5.77. The molecule has 0 aliphatic carbocycles. The third-order valence-electron chi connectivity index (χ3n) is 1.66. The maximum atomic E-state index is 10.4. The van der Waals surface area contributed by atoms with Crippen molar-refractivity contribution >= 4 is 30.8 Å². The molecule has 0 unspecified atom stereocenters. The fraction of sp³-hybridized carbons (Fsp3) is 0.143. The van der Waals surface area contributed by atoms with Crippen LogP contribution in [0.4, 0.5) is 11.4 Å². The Morgan fingerprint density at radius 2 is 2.42 bits per heavy atom. The third-order valence-corrected chi connectivity index (χ3v) is 3.67. The Balaban J connectivity index is 2.45. The van der Waals surface area contributed by atoms with Crippen LogP contribution in [0.25, 0.3) is 0 Å². The monoisotopic (exact) mass is 230 g/mol. The molecule has 0 fully saturated rings. The standard InChI is InChI=1S/C7H6N2O2Se/c10-9(11)5-1-2-7-6(3-5)8-4-12-7/h1-3,8H,4H2. The molecule has 0 saturated carbocycles. The van der Waals surface area contributed by atoms with Gasteiger partial charge in [0.15, 0.2) is 0 Å². The second kappa shape index (κ2) is 2.77. The van der Waals surface area contributed by atoms with Crippen molar-refractivity contribution in [3.05, 3.63) is 28.3 Å². The Morgan fingerprint density at radius 1 is 1.58 bits per heavy atom. The Bertz CT molecular complexity index is 340. The molecule has 0 spiro atoms.